The second-order valence-corrected chi connectivity index (χ2v) is 7.64. The summed E-state index contributed by atoms with van der Waals surface area (Å²) in [6.07, 6.45) is 2.15. The second-order valence-electron chi connectivity index (χ2n) is 7.64. The summed E-state index contributed by atoms with van der Waals surface area (Å²) in [6, 6.07) is 9.70. The first-order valence-corrected chi connectivity index (χ1v) is 9.85. The molecule has 0 bridgehead atoms. The summed E-state index contributed by atoms with van der Waals surface area (Å²) in [7, 11) is 1.91. The van der Waals surface area contributed by atoms with Crippen molar-refractivity contribution in [2.24, 2.45) is 12.0 Å². The molecule has 3 N–H and O–H groups in total. The number of aromatic nitrogens is 2. The van der Waals surface area contributed by atoms with E-state index < -0.39 is 11.7 Å². The Morgan fingerprint density at radius 3 is 2.48 bits per heavy atom. The molecule has 2 rings (SSSR count). The van der Waals surface area contributed by atoms with Gasteiger partial charge in [-0.05, 0) is 57.9 Å². The van der Waals surface area contributed by atoms with Crippen molar-refractivity contribution in [3.05, 3.63) is 47.8 Å². The standard InChI is InChI=1S/C21H32N6O2/c1-6-22-19(24-15-18-12-14-25-27(18)5)23-13-11-16-7-9-17(10-8-16)26-20(28)29-21(2,3)4/h7-10,12,14H,6,11,13,15H2,1-5H3,(H,26,28)(H2,22,23,24). The second kappa shape index (κ2) is 10.5. The van der Waals surface area contributed by atoms with Crippen molar-refractivity contribution in [3.63, 3.8) is 0 Å². The first-order valence-electron chi connectivity index (χ1n) is 9.85. The summed E-state index contributed by atoms with van der Waals surface area (Å²) in [5.41, 5.74) is 2.41. The van der Waals surface area contributed by atoms with Gasteiger partial charge in [0.2, 0.25) is 0 Å². The molecule has 0 aliphatic rings. The number of guanidine groups is 1. The Balaban J connectivity index is 1.82. The maximum Gasteiger partial charge on any atom is 0.412 e. The summed E-state index contributed by atoms with van der Waals surface area (Å²) in [6.45, 7) is 9.66. The maximum atomic E-state index is 11.8. The Kier molecular flexibility index (Phi) is 8.06. The number of ether oxygens (including phenoxy) is 1. The van der Waals surface area contributed by atoms with E-state index in [4.69, 9.17) is 4.74 Å². The minimum Gasteiger partial charge on any atom is -0.444 e. The molecule has 0 atom stereocenters. The summed E-state index contributed by atoms with van der Waals surface area (Å²) < 4.78 is 7.08. The molecule has 1 amide bonds. The predicted octanol–water partition coefficient (Wildman–Crippen LogP) is 3.06. The van der Waals surface area contributed by atoms with E-state index >= 15 is 0 Å². The van der Waals surface area contributed by atoms with Crippen LogP contribution in [0.25, 0.3) is 0 Å². The van der Waals surface area contributed by atoms with E-state index in [-0.39, 0.29) is 0 Å². The van der Waals surface area contributed by atoms with E-state index in [2.05, 4.69) is 26.0 Å². The first kappa shape index (κ1) is 22.3. The van der Waals surface area contributed by atoms with Crippen molar-refractivity contribution in [3.8, 4) is 0 Å². The first-order chi connectivity index (χ1) is 13.8. The minimum atomic E-state index is -0.516. The average Bonchev–Trinajstić information content (AvgIpc) is 3.04. The molecule has 29 heavy (non-hydrogen) atoms. The number of amides is 1. The monoisotopic (exact) mass is 400 g/mol. The van der Waals surface area contributed by atoms with Crippen molar-refractivity contribution < 1.29 is 9.53 Å². The molecule has 1 heterocycles. The van der Waals surface area contributed by atoms with Crippen molar-refractivity contribution in [2.75, 3.05) is 18.4 Å². The van der Waals surface area contributed by atoms with Gasteiger partial charge in [0.15, 0.2) is 5.96 Å². The third-order valence-corrected chi connectivity index (χ3v) is 3.97. The van der Waals surface area contributed by atoms with E-state index in [1.807, 2.05) is 69.8 Å². The van der Waals surface area contributed by atoms with Gasteiger partial charge in [-0.25, -0.2) is 9.79 Å². The Morgan fingerprint density at radius 1 is 1.17 bits per heavy atom. The summed E-state index contributed by atoms with van der Waals surface area (Å²) in [5, 5.41) is 13.5. The number of benzene rings is 1. The highest BCUT2D eigenvalue weighted by atomic mass is 16.6. The fourth-order valence-corrected chi connectivity index (χ4v) is 2.56. The Labute approximate surface area is 172 Å². The quantitative estimate of drug-likeness (QED) is 0.491. The number of nitrogens with one attached hydrogen (secondary N) is 3. The average molecular weight is 401 g/mol. The van der Waals surface area contributed by atoms with Gasteiger partial charge >= 0.3 is 6.09 Å². The number of aliphatic imine (C=N–C) groups is 1. The fourth-order valence-electron chi connectivity index (χ4n) is 2.56. The lowest BCUT2D eigenvalue weighted by molar-refractivity contribution is 0.0636. The highest BCUT2D eigenvalue weighted by Gasteiger charge is 2.16. The van der Waals surface area contributed by atoms with Crippen LogP contribution in [-0.2, 0) is 24.8 Å². The van der Waals surface area contributed by atoms with Crippen LogP contribution in [0.4, 0.5) is 10.5 Å². The van der Waals surface area contributed by atoms with E-state index in [0.29, 0.717) is 12.2 Å². The van der Waals surface area contributed by atoms with Crippen molar-refractivity contribution in [1.82, 2.24) is 20.4 Å². The molecular formula is C21H32N6O2. The Morgan fingerprint density at radius 2 is 1.90 bits per heavy atom. The number of aryl methyl sites for hydroxylation is 1. The largest absolute Gasteiger partial charge is 0.444 e. The topological polar surface area (TPSA) is 92.6 Å². The van der Waals surface area contributed by atoms with Crippen LogP contribution in [0.1, 0.15) is 39.0 Å². The van der Waals surface area contributed by atoms with Gasteiger partial charge in [-0.2, -0.15) is 5.10 Å². The van der Waals surface area contributed by atoms with Crippen LogP contribution in [-0.4, -0.2) is 40.5 Å². The van der Waals surface area contributed by atoms with Crippen molar-refractivity contribution in [2.45, 2.75) is 46.3 Å². The summed E-state index contributed by atoms with van der Waals surface area (Å²) >= 11 is 0. The number of carbonyl (C=O) groups is 1. The number of hydrogen-bond acceptors (Lipinski definition) is 4. The van der Waals surface area contributed by atoms with Crippen molar-refractivity contribution in [1.29, 1.82) is 0 Å². The number of carbonyl (C=O) groups excluding carboxylic acids is 1. The van der Waals surface area contributed by atoms with E-state index in [9.17, 15) is 4.79 Å². The molecule has 8 heteroatoms. The van der Waals surface area contributed by atoms with Crippen molar-refractivity contribution >= 4 is 17.7 Å². The lowest BCUT2D eigenvalue weighted by Crippen LogP contribution is -2.38. The van der Waals surface area contributed by atoms with Gasteiger partial charge in [0.1, 0.15) is 5.60 Å². The lowest BCUT2D eigenvalue weighted by atomic mass is 10.1. The van der Waals surface area contributed by atoms with Gasteiger partial charge in [0.25, 0.3) is 0 Å². The zero-order valence-electron chi connectivity index (χ0n) is 18.0. The molecule has 1 aromatic heterocycles. The minimum absolute atomic E-state index is 0.452. The predicted molar refractivity (Wildman–Crippen MR) is 116 cm³/mol. The highest BCUT2D eigenvalue weighted by molar-refractivity contribution is 5.84. The summed E-state index contributed by atoms with van der Waals surface area (Å²) in [5.74, 6) is 0.775. The van der Waals surface area contributed by atoms with Gasteiger partial charge in [-0.15, -0.1) is 0 Å². The number of nitrogens with zero attached hydrogens (tertiary/aromatic N) is 3. The molecule has 1 aromatic carbocycles. The van der Waals surface area contributed by atoms with Crippen LogP contribution >= 0.6 is 0 Å². The molecule has 0 fully saturated rings. The van der Waals surface area contributed by atoms with Crippen LogP contribution in [0.5, 0.6) is 0 Å². The van der Waals surface area contributed by atoms with E-state index in [0.717, 1.165) is 36.7 Å². The number of hydrogen-bond donors (Lipinski definition) is 3. The Bertz CT molecular complexity index is 805. The Hall–Kier alpha value is -3.03. The maximum absolute atomic E-state index is 11.8. The molecule has 158 valence electrons. The number of rotatable bonds is 7. The van der Waals surface area contributed by atoms with Gasteiger partial charge in [0.05, 0.1) is 12.2 Å². The van der Waals surface area contributed by atoms with Gasteiger partial charge in [0, 0.05) is 32.0 Å². The van der Waals surface area contributed by atoms with Gasteiger partial charge in [-0.3, -0.25) is 10.00 Å². The van der Waals surface area contributed by atoms with Gasteiger partial charge < -0.3 is 15.4 Å². The zero-order valence-corrected chi connectivity index (χ0v) is 18.0. The lowest BCUT2D eigenvalue weighted by Gasteiger charge is -2.19. The molecule has 8 nitrogen and oxygen atoms in total. The molecular weight excluding hydrogens is 368 g/mol. The molecule has 0 aliphatic heterocycles. The molecule has 0 spiro atoms. The third kappa shape index (κ3) is 8.25. The molecule has 0 saturated carbocycles. The molecule has 0 saturated heterocycles. The van der Waals surface area contributed by atoms with E-state index in [1.54, 1.807) is 6.20 Å². The normalized spacial score (nSPS) is 11.8. The van der Waals surface area contributed by atoms with Gasteiger partial charge in [-0.1, -0.05) is 12.1 Å². The van der Waals surface area contributed by atoms with Crippen LogP contribution in [0.3, 0.4) is 0 Å². The molecule has 0 aliphatic carbocycles. The SMILES string of the molecule is CCNC(=NCc1ccnn1C)NCCc1ccc(NC(=O)OC(C)(C)C)cc1. The van der Waals surface area contributed by atoms with E-state index in [1.165, 1.54) is 0 Å². The summed E-state index contributed by atoms with van der Waals surface area (Å²) in [4.78, 5) is 16.4. The molecule has 0 radical (unpaired) electrons. The van der Waals surface area contributed by atoms with Crippen LogP contribution in [0.15, 0.2) is 41.5 Å². The molecule has 2 aromatic rings. The molecule has 0 unspecified atom stereocenters. The number of anilines is 1. The highest BCUT2D eigenvalue weighted by Crippen LogP contribution is 2.13. The van der Waals surface area contributed by atoms with Crippen LogP contribution in [0, 0.1) is 0 Å². The van der Waals surface area contributed by atoms with Crippen LogP contribution < -0.4 is 16.0 Å². The van der Waals surface area contributed by atoms with Crippen LogP contribution in [0.2, 0.25) is 0 Å². The third-order valence-electron chi connectivity index (χ3n) is 3.97. The zero-order chi connectivity index (χ0) is 21.3. The smallest absolute Gasteiger partial charge is 0.412 e. The fraction of sp³-hybridized carbons (Fsp3) is 0.476.